The number of hydrogen-bond acceptors (Lipinski definition) is 2. The standard InChI is InChI=1S/C16H13F3N4O/c17-16(18,19)11-4-1-3-10(7-11)9-23(15(20)24)14-6-2-5-13-12(14)8-21-22-13/h1-8H,9H2,(H2,20,24)(H,21,22). The van der Waals surface area contributed by atoms with Crippen LogP contribution >= 0.6 is 0 Å². The summed E-state index contributed by atoms with van der Waals surface area (Å²) in [5.41, 5.74) is 6.16. The van der Waals surface area contributed by atoms with Crippen molar-refractivity contribution in [2.75, 3.05) is 4.90 Å². The molecule has 0 atom stereocenters. The van der Waals surface area contributed by atoms with Crippen LogP contribution in [0.25, 0.3) is 10.9 Å². The van der Waals surface area contributed by atoms with Crippen LogP contribution in [0.5, 0.6) is 0 Å². The molecule has 124 valence electrons. The molecule has 0 saturated carbocycles. The van der Waals surface area contributed by atoms with Crippen LogP contribution in [0.3, 0.4) is 0 Å². The van der Waals surface area contributed by atoms with Crippen molar-refractivity contribution < 1.29 is 18.0 Å². The van der Waals surface area contributed by atoms with Crippen LogP contribution < -0.4 is 10.6 Å². The van der Waals surface area contributed by atoms with E-state index >= 15 is 0 Å². The van der Waals surface area contributed by atoms with Crippen LogP contribution in [-0.4, -0.2) is 16.2 Å². The molecule has 0 aliphatic heterocycles. The summed E-state index contributed by atoms with van der Waals surface area (Å²) < 4.78 is 38.5. The van der Waals surface area contributed by atoms with Crippen molar-refractivity contribution in [3.05, 3.63) is 59.8 Å². The third-order valence-electron chi connectivity index (χ3n) is 3.61. The number of carbonyl (C=O) groups excluding carboxylic acids is 1. The predicted octanol–water partition coefficient (Wildman–Crippen LogP) is 3.67. The molecule has 0 aliphatic carbocycles. The Hall–Kier alpha value is -3.03. The number of amides is 2. The molecule has 8 heteroatoms. The first-order valence-electron chi connectivity index (χ1n) is 7.01. The van der Waals surface area contributed by atoms with Crippen LogP contribution in [0.4, 0.5) is 23.7 Å². The van der Waals surface area contributed by atoms with Crippen molar-refractivity contribution in [1.29, 1.82) is 0 Å². The molecule has 24 heavy (non-hydrogen) atoms. The topological polar surface area (TPSA) is 75.0 Å². The van der Waals surface area contributed by atoms with Gasteiger partial charge in [0.25, 0.3) is 0 Å². The summed E-state index contributed by atoms with van der Waals surface area (Å²) >= 11 is 0. The second-order valence-electron chi connectivity index (χ2n) is 5.23. The second-order valence-corrected chi connectivity index (χ2v) is 5.23. The maximum Gasteiger partial charge on any atom is 0.416 e. The first kappa shape index (κ1) is 15.9. The van der Waals surface area contributed by atoms with Crippen molar-refractivity contribution in [3.8, 4) is 0 Å². The highest BCUT2D eigenvalue weighted by atomic mass is 19.4. The molecule has 1 heterocycles. The second kappa shape index (κ2) is 5.88. The zero-order valence-electron chi connectivity index (χ0n) is 12.3. The van der Waals surface area contributed by atoms with Crippen LogP contribution in [0.2, 0.25) is 0 Å². The molecule has 5 nitrogen and oxygen atoms in total. The minimum atomic E-state index is -4.45. The Morgan fingerprint density at radius 2 is 1.96 bits per heavy atom. The lowest BCUT2D eigenvalue weighted by molar-refractivity contribution is -0.137. The van der Waals surface area contributed by atoms with E-state index in [1.54, 1.807) is 18.2 Å². The minimum Gasteiger partial charge on any atom is -0.351 e. The van der Waals surface area contributed by atoms with Gasteiger partial charge in [-0.05, 0) is 29.8 Å². The van der Waals surface area contributed by atoms with Gasteiger partial charge in [0.1, 0.15) is 0 Å². The van der Waals surface area contributed by atoms with Crippen LogP contribution in [0.1, 0.15) is 11.1 Å². The van der Waals surface area contributed by atoms with E-state index in [0.29, 0.717) is 22.2 Å². The average Bonchev–Trinajstić information content (AvgIpc) is 3.00. The summed E-state index contributed by atoms with van der Waals surface area (Å²) in [4.78, 5) is 13.1. The van der Waals surface area contributed by atoms with Crippen LogP contribution in [0.15, 0.2) is 48.7 Å². The molecular weight excluding hydrogens is 321 g/mol. The van der Waals surface area contributed by atoms with Gasteiger partial charge in [0, 0.05) is 5.39 Å². The van der Waals surface area contributed by atoms with Gasteiger partial charge in [-0.1, -0.05) is 18.2 Å². The SMILES string of the molecule is NC(=O)N(Cc1cccc(C(F)(F)F)c1)c1cccc2[nH]ncc12. The number of aromatic nitrogens is 2. The Kier molecular flexibility index (Phi) is 3.88. The van der Waals surface area contributed by atoms with E-state index in [4.69, 9.17) is 5.73 Å². The summed E-state index contributed by atoms with van der Waals surface area (Å²) in [6.45, 7) is -0.0798. The highest BCUT2D eigenvalue weighted by molar-refractivity contribution is 6.01. The number of rotatable bonds is 3. The molecule has 3 aromatic rings. The molecule has 0 spiro atoms. The van der Waals surface area contributed by atoms with Gasteiger partial charge < -0.3 is 5.73 Å². The predicted molar refractivity (Wildman–Crippen MR) is 83.3 cm³/mol. The number of halogens is 3. The molecule has 0 radical (unpaired) electrons. The van der Waals surface area contributed by atoms with E-state index < -0.39 is 17.8 Å². The molecule has 0 unspecified atom stereocenters. The zero-order valence-corrected chi connectivity index (χ0v) is 12.3. The Labute approximate surface area is 134 Å². The van der Waals surface area contributed by atoms with E-state index in [-0.39, 0.29) is 6.54 Å². The van der Waals surface area contributed by atoms with Crippen molar-refractivity contribution >= 4 is 22.6 Å². The van der Waals surface area contributed by atoms with E-state index in [1.165, 1.54) is 23.2 Å². The first-order chi connectivity index (χ1) is 11.4. The molecule has 0 bridgehead atoms. The molecule has 3 rings (SSSR count). The maximum absolute atomic E-state index is 12.8. The Balaban J connectivity index is 1.99. The largest absolute Gasteiger partial charge is 0.416 e. The fraction of sp³-hybridized carbons (Fsp3) is 0.125. The summed E-state index contributed by atoms with van der Waals surface area (Å²) in [6, 6.07) is 9.18. The molecule has 0 fully saturated rings. The third-order valence-corrected chi connectivity index (χ3v) is 3.61. The van der Waals surface area contributed by atoms with Gasteiger partial charge in [0.05, 0.1) is 29.5 Å². The Bertz CT molecular complexity index is 888. The van der Waals surface area contributed by atoms with Crippen molar-refractivity contribution in [3.63, 3.8) is 0 Å². The Morgan fingerprint density at radius 1 is 1.21 bits per heavy atom. The number of benzene rings is 2. The number of nitrogens with zero attached hydrogens (tertiary/aromatic N) is 2. The normalized spacial score (nSPS) is 11.6. The van der Waals surface area contributed by atoms with E-state index in [0.717, 1.165) is 12.1 Å². The maximum atomic E-state index is 12.8. The molecule has 1 aromatic heterocycles. The molecule has 0 saturated heterocycles. The average molecular weight is 334 g/mol. The molecule has 3 N–H and O–H groups in total. The number of aromatic amines is 1. The van der Waals surface area contributed by atoms with Gasteiger partial charge in [0.15, 0.2) is 0 Å². The van der Waals surface area contributed by atoms with Gasteiger partial charge in [-0.25, -0.2) is 4.79 Å². The van der Waals surface area contributed by atoms with E-state index in [1.807, 2.05) is 0 Å². The number of fused-ring (bicyclic) bond motifs is 1. The van der Waals surface area contributed by atoms with Crippen molar-refractivity contribution in [2.24, 2.45) is 5.73 Å². The summed E-state index contributed by atoms with van der Waals surface area (Å²) in [5.74, 6) is 0. The number of alkyl halides is 3. The number of urea groups is 1. The number of nitrogens with one attached hydrogen (secondary N) is 1. The lowest BCUT2D eigenvalue weighted by Gasteiger charge is -2.22. The van der Waals surface area contributed by atoms with E-state index in [2.05, 4.69) is 10.2 Å². The van der Waals surface area contributed by atoms with Gasteiger partial charge in [-0.3, -0.25) is 10.00 Å². The van der Waals surface area contributed by atoms with Gasteiger partial charge in [0.2, 0.25) is 0 Å². The fourth-order valence-electron chi connectivity index (χ4n) is 2.50. The first-order valence-corrected chi connectivity index (χ1v) is 7.01. The number of anilines is 1. The fourth-order valence-corrected chi connectivity index (χ4v) is 2.50. The zero-order chi connectivity index (χ0) is 17.3. The highest BCUT2D eigenvalue weighted by Crippen LogP contribution is 2.31. The number of nitrogens with two attached hydrogens (primary N) is 1. The van der Waals surface area contributed by atoms with Crippen molar-refractivity contribution in [2.45, 2.75) is 12.7 Å². The smallest absolute Gasteiger partial charge is 0.351 e. The summed E-state index contributed by atoms with van der Waals surface area (Å²) in [5, 5.41) is 7.33. The summed E-state index contributed by atoms with van der Waals surface area (Å²) in [6.07, 6.45) is -2.91. The van der Waals surface area contributed by atoms with Crippen molar-refractivity contribution in [1.82, 2.24) is 10.2 Å². The lowest BCUT2D eigenvalue weighted by atomic mass is 10.1. The molecule has 2 amide bonds. The monoisotopic (exact) mass is 334 g/mol. The quantitative estimate of drug-likeness (QED) is 0.767. The number of carbonyl (C=O) groups is 1. The molecular formula is C16H13F3N4O. The molecule has 0 aliphatic rings. The van der Waals surface area contributed by atoms with Gasteiger partial charge >= 0.3 is 12.2 Å². The summed E-state index contributed by atoms with van der Waals surface area (Å²) in [7, 11) is 0. The van der Waals surface area contributed by atoms with Gasteiger partial charge in [-0.2, -0.15) is 18.3 Å². The third kappa shape index (κ3) is 3.03. The van der Waals surface area contributed by atoms with Crippen LogP contribution in [0, 0.1) is 0 Å². The van der Waals surface area contributed by atoms with Gasteiger partial charge in [-0.15, -0.1) is 0 Å². The van der Waals surface area contributed by atoms with Crippen LogP contribution in [-0.2, 0) is 12.7 Å². The minimum absolute atomic E-state index is 0.0798. The molecule has 2 aromatic carbocycles. The number of H-pyrrole nitrogens is 1. The highest BCUT2D eigenvalue weighted by Gasteiger charge is 2.30. The lowest BCUT2D eigenvalue weighted by Crippen LogP contribution is -2.35. The number of primary amides is 1. The Morgan fingerprint density at radius 3 is 2.67 bits per heavy atom. The number of hydrogen-bond donors (Lipinski definition) is 2. The van der Waals surface area contributed by atoms with E-state index in [9.17, 15) is 18.0 Å².